The Kier molecular flexibility index (Phi) is 11.6. The molecule has 3 heterocycles. The summed E-state index contributed by atoms with van der Waals surface area (Å²) in [5, 5.41) is 73.7. The fraction of sp³-hybridized carbons (Fsp3) is 0.472. The number of methoxy groups -OCH3 is 1. The zero-order valence-electron chi connectivity index (χ0n) is 29.8. The number of Topliss-reactive ketones (excluding diaryl/α,β-unsaturated/α-hetero) is 1. The summed E-state index contributed by atoms with van der Waals surface area (Å²) in [5.41, 5.74) is 5.26. The molecule has 276 valence electrons. The minimum Gasteiger partial charge on any atom is -0.507 e. The van der Waals surface area contributed by atoms with E-state index in [1.165, 1.54) is 52.4 Å². The molecule has 0 aliphatic carbocycles. The number of hydrogen-bond donors (Lipinski definition) is 8. The lowest BCUT2D eigenvalue weighted by Gasteiger charge is -2.36. The number of ketones is 1. The minimum absolute atomic E-state index is 0.0622. The lowest BCUT2D eigenvalue weighted by Crippen LogP contribution is -2.44. The van der Waals surface area contributed by atoms with Crippen molar-refractivity contribution in [3.05, 3.63) is 53.3 Å². The number of carbonyl (C=O) groups is 2. The van der Waals surface area contributed by atoms with Crippen LogP contribution < -0.4 is 15.8 Å². The number of carbonyl (C=O) groups excluding carboxylic acids is 2. The average Bonchev–Trinajstić information content (AvgIpc) is 3.36. The summed E-state index contributed by atoms with van der Waals surface area (Å²) in [4.78, 5) is 27.4. The molecule has 3 aliphatic heterocycles. The number of azo groups is 1. The number of guanidine groups is 1. The topological polar surface area (TPSA) is 250 Å². The van der Waals surface area contributed by atoms with E-state index in [4.69, 9.17) is 25.4 Å². The number of benzene rings is 2. The number of anilines is 1. The van der Waals surface area contributed by atoms with Crippen LogP contribution in [0.2, 0.25) is 0 Å². The highest BCUT2D eigenvalue weighted by atomic mass is 16.7. The molecule has 9 atom stereocenters. The number of amides is 1. The molecular formula is C36H47N5O10. The lowest BCUT2D eigenvalue weighted by atomic mass is 9.78. The Balaban J connectivity index is 1.93. The molecule has 0 fully saturated rings. The molecule has 0 saturated carbocycles. The molecule has 2 aromatic rings. The molecule has 5 rings (SSSR count). The van der Waals surface area contributed by atoms with Gasteiger partial charge in [0.1, 0.15) is 11.5 Å². The van der Waals surface area contributed by atoms with E-state index in [2.05, 4.69) is 15.5 Å². The molecular weight excluding hydrogens is 662 g/mol. The second kappa shape index (κ2) is 15.2. The highest BCUT2D eigenvalue weighted by Gasteiger charge is 2.49. The number of rotatable bonds is 2. The van der Waals surface area contributed by atoms with Gasteiger partial charge in [0, 0.05) is 54.2 Å². The Bertz CT molecular complexity index is 1840. The largest absolute Gasteiger partial charge is 0.507 e. The van der Waals surface area contributed by atoms with E-state index in [9.17, 15) is 35.1 Å². The second-order valence-corrected chi connectivity index (χ2v) is 13.4. The summed E-state index contributed by atoms with van der Waals surface area (Å²) in [6.45, 7) is 11.2. The minimum atomic E-state index is -1.99. The summed E-state index contributed by atoms with van der Waals surface area (Å²) < 4.78 is 17.5. The lowest BCUT2D eigenvalue weighted by molar-refractivity contribution is -0.112. The smallest absolute Gasteiger partial charge is 0.312 e. The van der Waals surface area contributed by atoms with Gasteiger partial charge in [0.25, 0.3) is 11.7 Å². The van der Waals surface area contributed by atoms with Crippen molar-refractivity contribution in [2.24, 2.45) is 39.6 Å². The maximum atomic E-state index is 14.1. The van der Waals surface area contributed by atoms with E-state index in [1.807, 2.05) is 0 Å². The van der Waals surface area contributed by atoms with Crippen molar-refractivity contribution in [2.45, 2.75) is 78.7 Å². The quantitative estimate of drug-likeness (QED) is 0.0936. The first-order valence-corrected chi connectivity index (χ1v) is 16.5. The molecule has 15 heteroatoms. The van der Waals surface area contributed by atoms with E-state index in [1.54, 1.807) is 39.8 Å². The first kappa shape index (κ1) is 39.0. The molecule has 9 N–H and O–H groups in total. The van der Waals surface area contributed by atoms with Gasteiger partial charge in [-0.1, -0.05) is 45.9 Å². The van der Waals surface area contributed by atoms with Gasteiger partial charge in [-0.25, -0.2) is 0 Å². The Morgan fingerprint density at radius 2 is 1.61 bits per heavy atom. The first-order valence-electron chi connectivity index (χ1n) is 16.5. The molecule has 0 aromatic heterocycles. The van der Waals surface area contributed by atoms with Gasteiger partial charge in [-0.2, -0.15) is 0 Å². The van der Waals surface area contributed by atoms with Crippen molar-refractivity contribution in [3.8, 4) is 17.2 Å². The van der Waals surface area contributed by atoms with E-state index in [0.29, 0.717) is 0 Å². The van der Waals surface area contributed by atoms with Gasteiger partial charge in [-0.05, 0) is 26.0 Å². The third kappa shape index (κ3) is 7.47. The van der Waals surface area contributed by atoms with Crippen LogP contribution in [0.5, 0.6) is 17.2 Å². The van der Waals surface area contributed by atoms with Gasteiger partial charge in [0.2, 0.25) is 5.96 Å². The SMILES string of the molecule is CO[C@H]1/C=C/O[C@@]2(C)Oc3c(C)c(O)c4c(O)c(cc(N=NC(=N)N)c4c3C2=O)NC(=O)/C(C)=C\C=C\[C@@H](C)[C@H](O)[C@@H](C)[C@H](O)[C@@H](C)[C@H](O)[C@@H]1C. The van der Waals surface area contributed by atoms with Crippen LogP contribution in [-0.4, -0.2) is 80.5 Å². The number of allylic oxidation sites excluding steroid dienone is 2. The van der Waals surface area contributed by atoms with Gasteiger partial charge in [0.05, 0.1) is 53.0 Å². The van der Waals surface area contributed by atoms with E-state index in [0.717, 1.165) is 0 Å². The standard InChI is InChI=1S/C36H47N5O10/c1-15-10-9-11-16(2)34(48)39-22-14-21(40-41-35(37)38)24-25(31(22)46)30(45)20(6)32-26(24)33(47)36(7,51-32)50-13-12-23(49-8)17(3)28(43)19(5)29(44)18(4)27(15)42/h9-15,17-19,23,27-29,42-46H,1-8H3,(H3,37,38)(H,39,48)/b10-9+,13-12+,16-11-,41-40?/t15-,17-,18-,19+,23+,27+,28-,29+,36+/m1/s1. The molecule has 51 heavy (non-hydrogen) atoms. The molecule has 1 amide bonds. The van der Waals surface area contributed by atoms with Crippen LogP contribution in [0, 0.1) is 36.0 Å². The van der Waals surface area contributed by atoms with Gasteiger partial charge in [0.15, 0.2) is 5.75 Å². The van der Waals surface area contributed by atoms with Crippen molar-refractivity contribution < 1.29 is 49.3 Å². The van der Waals surface area contributed by atoms with Crippen LogP contribution in [0.4, 0.5) is 11.4 Å². The number of phenolic OH excluding ortho intramolecular Hbond substituents is 2. The average molecular weight is 710 g/mol. The highest BCUT2D eigenvalue weighted by Crippen LogP contribution is 2.54. The zero-order valence-corrected chi connectivity index (χ0v) is 29.8. The monoisotopic (exact) mass is 709 g/mol. The number of nitrogens with zero attached hydrogens (tertiary/aromatic N) is 2. The summed E-state index contributed by atoms with van der Waals surface area (Å²) in [7, 11) is 1.43. The number of ether oxygens (including phenoxy) is 3. The summed E-state index contributed by atoms with van der Waals surface area (Å²) >= 11 is 0. The summed E-state index contributed by atoms with van der Waals surface area (Å²) in [5.74, 6) is -7.55. The van der Waals surface area contributed by atoms with E-state index < -0.39 is 83.0 Å². The Labute approximate surface area is 295 Å². The molecule has 0 saturated heterocycles. The third-order valence-corrected chi connectivity index (χ3v) is 9.84. The van der Waals surface area contributed by atoms with Crippen molar-refractivity contribution in [3.63, 3.8) is 0 Å². The van der Waals surface area contributed by atoms with Crippen LogP contribution in [0.25, 0.3) is 10.8 Å². The summed E-state index contributed by atoms with van der Waals surface area (Å²) in [6.07, 6.45) is 3.45. The van der Waals surface area contributed by atoms with Gasteiger partial charge < -0.3 is 50.8 Å². The molecule has 15 nitrogen and oxygen atoms in total. The number of nitrogens with two attached hydrogens (primary N) is 1. The predicted molar refractivity (Wildman–Crippen MR) is 189 cm³/mol. The second-order valence-electron chi connectivity index (χ2n) is 13.4. The number of aromatic hydroxyl groups is 2. The Hall–Kier alpha value is -4.83. The van der Waals surface area contributed by atoms with Crippen LogP contribution in [0.15, 0.2) is 52.4 Å². The first-order chi connectivity index (χ1) is 23.9. The van der Waals surface area contributed by atoms with E-state index in [-0.39, 0.29) is 44.6 Å². The van der Waals surface area contributed by atoms with Crippen molar-refractivity contribution in [1.82, 2.24) is 0 Å². The summed E-state index contributed by atoms with van der Waals surface area (Å²) in [6, 6.07) is 1.21. The number of hydrogen-bond acceptors (Lipinski definition) is 12. The number of fused-ring (bicyclic) bond motifs is 14. The Morgan fingerprint density at radius 1 is 0.980 bits per heavy atom. The van der Waals surface area contributed by atoms with Crippen LogP contribution in [0.1, 0.15) is 57.5 Å². The molecule has 3 aliphatic rings. The number of aliphatic hydroxyl groups excluding tert-OH is 3. The molecule has 0 unspecified atom stereocenters. The molecule has 5 bridgehead atoms. The molecule has 2 aromatic carbocycles. The number of aliphatic hydroxyl groups is 3. The molecule has 0 radical (unpaired) electrons. The number of phenols is 2. The maximum Gasteiger partial charge on any atom is 0.312 e. The maximum absolute atomic E-state index is 14.1. The van der Waals surface area contributed by atoms with Crippen molar-refractivity contribution in [2.75, 3.05) is 12.4 Å². The van der Waals surface area contributed by atoms with Crippen molar-refractivity contribution in [1.29, 1.82) is 5.41 Å². The zero-order chi connectivity index (χ0) is 38.1. The fourth-order valence-corrected chi connectivity index (χ4v) is 6.45. The fourth-order valence-electron chi connectivity index (χ4n) is 6.45. The van der Waals surface area contributed by atoms with Crippen molar-refractivity contribution >= 4 is 39.8 Å². The van der Waals surface area contributed by atoms with Gasteiger partial charge in [-0.3, -0.25) is 15.0 Å². The van der Waals surface area contributed by atoms with Gasteiger partial charge in [-0.15, -0.1) is 10.2 Å². The normalized spacial score (nSPS) is 33.0. The van der Waals surface area contributed by atoms with Crippen LogP contribution in [-0.2, 0) is 14.3 Å². The third-order valence-electron chi connectivity index (χ3n) is 9.84. The molecule has 0 spiro atoms. The Morgan fingerprint density at radius 3 is 2.24 bits per heavy atom. The van der Waals surface area contributed by atoms with E-state index >= 15 is 0 Å². The van der Waals surface area contributed by atoms with Gasteiger partial charge >= 0.3 is 5.79 Å². The number of nitrogens with one attached hydrogen (secondary N) is 2. The predicted octanol–water partition coefficient (Wildman–Crippen LogP) is 4.45. The van der Waals surface area contributed by atoms with Crippen LogP contribution >= 0.6 is 0 Å². The highest BCUT2D eigenvalue weighted by molar-refractivity contribution is 6.22. The van der Waals surface area contributed by atoms with Crippen LogP contribution in [0.3, 0.4) is 0 Å².